The minimum atomic E-state index is 0. The van der Waals surface area contributed by atoms with Crippen molar-refractivity contribution in [2.45, 2.75) is 6.92 Å². The second-order valence-electron chi connectivity index (χ2n) is 2.65. The van der Waals surface area contributed by atoms with E-state index >= 15 is 0 Å². The number of para-hydroxylation sites is 1. The molecule has 0 atom stereocenters. The molecule has 2 heteroatoms. The van der Waals surface area contributed by atoms with E-state index in [-0.39, 0.29) is 5.48 Å². The third-order valence-corrected chi connectivity index (χ3v) is 1.74. The molecule has 0 fully saturated rings. The molecule has 1 aromatic heterocycles. The van der Waals surface area contributed by atoms with Crippen LogP contribution >= 0.6 is 0 Å². The van der Waals surface area contributed by atoms with E-state index in [9.17, 15) is 0 Å². The van der Waals surface area contributed by atoms with E-state index in [0.29, 0.717) is 0 Å². The fourth-order valence-electron chi connectivity index (χ4n) is 1.17. The minimum absolute atomic E-state index is 0. The highest BCUT2D eigenvalue weighted by atomic mass is 16.0. The summed E-state index contributed by atoms with van der Waals surface area (Å²) in [6.07, 6.45) is 0. The van der Waals surface area contributed by atoms with Crippen LogP contribution in [-0.4, -0.2) is 10.5 Å². The number of aryl methyl sites for hydroxylation is 1. The normalized spacial score (nSPS) is 9.42. The minimum Gasteiger partial charge on any atom is -0.412 e. The first-order valence-corrected chi connectivity index (χ1v) is 3.69. The van der Waals surface area contributed by atoms with Gasteiger partial charge in [0, 0.05) is 11.1 Å². The van der Waals surface area contributed by atoms with Gasteiger partial charge >= 0.3 is 0 Å². The Morgan fingerprint density at radius 2 is 1.75 bits per heavy atom. The van der Waals surface area contributed by atoms with Crippen molar-refractivity contribution < 1.29 is 5.48 Å². The Balaban J connectivity index is 0.000000720. The number of nitrogens with zero attached hydrogens (tertiary/aromatic N) is 1. The number of rotatable bonds is 0. The van der Waals surface area contributed by atoms with E-state index in [4.69, 9.17) is 0 Å². The molecule has 2 N–H and O–H groups in total. The van der Waals surface area contributed by atoms with E-state index in [2.05, 4.69) is 17.1 Å². The zero-order chi connectivity index (χ0) is 7.68. The van der Waals surface area contributed by atoms with Gasteiger partial charge in [0.25, 0.3) is 0 Å². The standard InChI is InChI=1S/C10H9N.H2O/c1-8-6-7-9-4-2-3-5-10(9)11-8;/h2-7H,1H3;1H2. The summed E-state index contributed by atoms with van der Waals surface area (Å²) in [7, 11) is 0. The zero-order valence-corrected chi connectivity index (χ0v) is 6.91. The maximum absolute atomic E-state index is 4.38. The lowest BCUT2D eigenvalue weighted by molar-refractivity contribution is 0.824. The molecule has 0 amide bonds. The molecule has 2 aromatic rings. The van der Waals surface area contributed by atoms with Crippen LogP contribution in [0.1, 0.15) is 5.69 Å². The largest absolute Gasteiger partial charge is 0.412 e. The van der Waals surface area contributed by atoms with Crippen LogP contribution in [0, 0.1) is 6.92 Å². The van der Waals surface area contributed by atoms with Gasteiger partial charge in [0.05, 0.1) is 5.52 Å². The fraction of sp³-hybridized carbons (Fsp3) is 0.100. The topological polar surface area (TPSA) is 44.4 Å². The summed E-state index contributed by atoms with van der Waals surface area (Å²) in [5.41, 5.74) is 2.15. The maximum Gasteiger partial charge on any atom is 0.0705 e. The third kappa shape index (κ3) is 1.43. The van der Waals surface area contributed by atoms with Crippen molar-refractivity contribution in [2.24, 2.45) is 0 Å². The van der Waals surface area contributed by atoms with Crippen LogP contribution in [0.15, 0.2) is 36.4 Å². The molecule has 0 aliphatic carbocycles. The predicted molar refractivity (Wildman–Crippen MR) is 50.1 cm³/mol. The Kier molecular flexibility index (Phi) is 2.41. The molecule has 2 rings (SSSR count). The van der Waals surface area contributed by atoms with E-state index in [1.54, 1.807) is 0 Å². The molecule has 1 heterocycles. The molecule has 2 nitrogen and oxygen atoms in total. The summed E-state index contributed by atoms with van der Waals surface area (Å²) in [5, 5.41) is 1.21. The van der Waals surface area contributed by atoms with E-state index < -0.39 is 0 Å². The van der Waals surface area contributed by atoms with E-state index in [0.717, 1.165) is 11.2 Å². The van der Waals surface area contributed by atoms with Gasteiger partial charge in [0.15, 0.2) is 0 Å². The molecule has 12 heavy (non-hydrogen) atoms. The quantitative estimate of drug-likeness (QED) is 0.580. The number of hydrogen-bond acceptors (Lipinski definition) is 1. The maximum atomic E-state index is 4.38. The van der Waals surface area contributed by atoms with Crippen molar-refractivity contribution in [3.05, 3.63) is 42.1 Å². The van der Waals surface area contributed by atoms with Gasteiger partial charge in [-0.3, -0.25) is 4.98 Å². The summed E-state index contributed by atoms with van der Waals surface area (Å²) in [4.78, 5) is 4.38. The number of benzene rings is 1. The summed E-state index contributed by atoms with van der Waals surface area (Å²) >= 11 is 0. The van der Waals surface area contributed by atoms with Crippen molar-refractivity contribution >= 4 is 10.9 Å². The van der Waals surface area contributed by atoms with Crippen LogP contribution in [0.25, 0.3) is 10.9 Å². The van der Waals surface area contributed by atoms with Crippen LogP contribution in [0.3, 0.4) is 0 Å². The lowest BCUT2D eigenvalue weighted by atomic mass is 10.2. The average Bonchev–Trinajstić information content (AvgIpc) is 2.04. The van der Waals surface area contributed by atoms with Crippen molar-refractivity contribution in [1.82, 2.24) is 4.98 Å². The summed E-state index contributed by atoms with van der Waals surface area (Å²) < 4.78 is 0. The van der Waals surface area contributed by atoms with Gasteiger partial charge in [-0.15, -0.1) is 0 Å². The first kappa shape index (κ1) is 8.68. The van der Waals surface area contributed by atoms with Gasteiger partial charge in [-0.05, 0) is 19.1 Å². The van der Waals surface area contributed by atoms with Crippen LogP contribution in [0.2, 0.25) is 0 Å². The molecule has 0 radical (unpaired) electrons. The van der Waals surface area contributed by atoms with Crippen LogP contribution in [0.4, 0.5) is 0 Å². The lowest BCUT2D eigenvalue weighted by Gasteiger charge is -1.95. The highest BCUT2D eigenvalue weighted by Crippen LogP contribution is 2.10. The Morgan fingerprint density at radius 1 is 1.00 bits per heavy atom. The summed E-state index contributed by atoms with van der Waals surface area (Å²) in [6, 6.07) is 12.3. The first-order chi connectivity index (χ1) is 5.36. The van der Waals surface area contributed by atoms with Gasteiger partial charge in [-0.25, -0.2) is 0 Å². The first-order valence-electron chi connectivity index (χ1n) is 3.69. The van der Waals surface area contributed by atoms with E-state index in [1.165, 1.54) is 5.39 Å². The predicted octanol–water partition coefficient (Wildman–Crippen LogP) is 1.72. The molecule has 0 unspecified atom stereocenters. The van der Waals surface area contributed by atoms with Crippen molar-refractivity contribution in [2.75, 3.05) is 0 Å². The monoisotopic (exact) mass is 161 g/mol. The molecule has 0 spiro atoms. The van der Waals surface area contributed by atoms with Gasteiger partial charge < -0.3 is 5.48 Å². The second kappa shape index (κ2) is 3.32. The van der Waals surface area contributed by atoms with Crippen LogP contribution in [-0.2, 0) is 0 Å². The van der Waals surface area contributed by atoms with E-state index in [1.807, 2.05) is 31.2 Å². The molecule has 0 aliphatic heterocycles. The number of aromatic nitrogens is 1. The SMILES string of the molecule is Cc1ccc2ccccc2n1.O. The molecule has 0 bridgehead atoms. The smallest absolute Gasteiger partial charge is 0.0705 e. The Labute approximate surface area is 71.2 Å². The lowest BCUT2D eigenvalue weighted by Crippen LogP contribution is -1.80. The van der Waals surface area contributed by atoms with Crippen LogP contribution in [0.5, 0.6) is 0 Å². The zero-order valence-electron chi connectivity index (χ0n) is 6.91. The number of pyridine rings is 1. The fourth-order valence-corrected chi connectivity index (χ4v) is 1.17. The summed E-state index contributed by atoms with van der Waals surface area (Å²) in [6.45, 7) is 2.01. The molecule has 0 saturated heterocycles. The highest BCUT2D eigenvalue weighted by molar-refractivity contribution is 5.78. The van der Waals surface area contributed by atoms with Gasteiger partial charge in [0.2, 0.25) is 0 Å². The van der Waals surface area contributed by atoms with Gasteiger partial charge in [-0.2, -0.15) is 0 Å². The molecular weight excluding hydrogens is 150 g/mol. The average molecular weight is 161 g/mol. The van der Waals surface area contributed by atoms with Crippen molar-refractivity contribution in [1.29, 1.82) is 0 Å². The molecule has 1 aromatic carbocycles. The van der Waals surface area contributed by atoms with Gasteiger partial charge in [0.1, 0.15) is 0 Å². The molecule has 62 valence electrons. The number of hydrogen-bond donors (Lipinski definition) is 0. The summed E-state index contributed by atoms with van der Waals surface area (Å²) in [5.74, 6) is 0. The third-order valence-electron chi connectivity index (χ3n) is 1.74. The number of fused-ring (bicyclic) bond motifs is 1. The Morgan fingerprint density at radius 3 is 2.58 bits per heavy atom. The molecular formula is C10H11NO. The Bertz CT molecular complexity index is 384. The Hall–Kier alpha value is -1.41. The van der Waals surface area contributed by atoms with Gasteiger partial charge in [-0.1, -0.05) is 24.3 Å². The molecule has 0 saturated carbocycles. The highest BCUT2D eigenvalue weighted by Gasteiger charge is 1.90. The van der Waals surface area contributed by atoms with Crippen LogP contribution < -0.4 is 0 Å². The van der Waals surface area contributed by atoms with Crippen molar-refractivity contribution in [3.63, 3.8) is 0 Å². The van der Waals surface area contributed by atoms with Crippen molar-refractivity contribution in [3.8, 4) is 0 Å². The molecule has 0 aliphatic rings. The second-order valence-corrected chi connectivity index (χ2v) is 2.65.